The van der Waals surface area contributed by atoms with E-state index >= 15 is 0 Å². The van der Waals surface area contributed by atoms with Crippen LogP contribution < -0.4 is 15.0 Å². The molecule has 2 amide bonds. The minimum absolute atomic E-state index is 0. The molecule has 0 spiro atoms. The molecule has 1 saturated carbocycles. The molecule has 43 heavy (non-hydrogen) atoms. The second-order valence-electron chi connectivity index (χ2n) is 12.1. The summed E-state index contributed by atoms with van der Waals surface area (Å²) in [6.45, 7) is 4.55. The average molecular weight is 587 g/mol. The number of fused-ring (bicyclic) bond motifs is 1. The molecule has 2 fully saturated rings. The lowest BCUT2D eigenvalue weighted by molar-refractivity contribution is -0.119. The topological polar surface area (TPSA) is 61.9 Å². The number of amides is 2. The van der Waals surface area contributed by atoms with Gasteiger partial charge in [-0.2, -0.15) is 0 Å². The Balaban J connectivity index is 0.00000253. The van der Waals surface area contributed by atoms with Gasteiger partial charge in [-0.05, 0) is 93.2 Å². The van der Waals surface area contributed by atoms with Crippen molar-refractivity contribution in [1.82, 2.24) is 10.2 Å². The van der Waals surface area contributed by atoms with Crippen molar-refractivity contribution < 1.29 is 14.3 Å². The average Bonchev–Trinajstić information content (AvgIpc) is 2.99. The highest BCUT2D eigenvalue weighted by molar-refractivity contribution is 5.97. The standard InChI is InChI=1S/C35H48N3O3.2CH2/c1-2-3-15-33(36-26-27-11-7-5-4-6-8-12-27)41-31-19-16-29(17-20-31)35(40)37-24-22-30(23-25-37)38-32-14-10-9-13-28(32)18-21-34(38)39;;/h4,9-10,13-14,16-17,19-20,27,30,33,36H,2-3,5-8,11-12,15,18,21-26H2,1H3;2*1H2. The Morgan fingerprint density at radius 3 is 2.35 bits per heavy atom. The summed E-state index contributed by atoms with van der Waals surface area (Å²) in [6.07, 6.45) is 16.4. The summed E-state index contributed by atoms with van der Waals surface area (Å²) in [5.41, 5.74) is 3.00. The number of anilines is 1. The second-order valence-corrected chi connectivity index (χ2v) is 12.1. The SMILES string of the molecule is CCCCC(NCC1CCC[CH]CCC1)Oc1ccc(C(=O)N2CCC(N3C(=O)CCc4ccccc43)CC2)cc1.[CH2].[CH2]. The Labute approximate surface area is 261 Å². The van der Waals surface area contributed by atoms with E-state index in [0.29, 0.717) is 25.1 Å². The van der Waals surface area contributed by atoms with Gasteiger partial charge in [-0.15, -0.1) is 0 Å². The van der Waals surface area contributed by atoms with Crippen molar-refractivity contribution in [3.63, 3.8) is 0 Å². The van der Waals surface area contributed by atoms with Crippen molar-refractivity contribution in [3.8, 4) is 5.75 Å². The zero-order valence-corrected chi connectivity index (χ0v) is 26.3. The van der Waals surface area contributed by atoms with Crippen LogP contribution in [-0.2, 0) is 11.2 Å². The van der Waals surface area contributed by atoms with Crippen LogP contribution in [0.5, 0.6) is 5.75 Å². The number of carbonyl (C=O) groups is 2. The van der Waals surface area contributed by atoms with Crippen molar-refractivity contribution in [1.29, 1.82) is 0 Å². The Bertz CT molecular complexity index is 1120. The van der Waals surface area contributed by atoms with E-state index in [2.05, 4.69) is 30.8 Å². The largest absolute Gasteiger partial charge is 0.475 e. The van der Waals surface area contributed by atoms with Crippen LogP contribution in [-0.4, -0.2) is 48.6 Å². The molecule has 3 aliphatic rings. The molecule has 5 rings (SSSR count). The van der Waals surface area contributed by atoms with Gasteiger partial charge < -0.3 is 14.5 Å². The van der Waals surface area contributed by atoms with Gasteiger partial charge >= 0.3 is 0 Å². The monoisotopic (exact) mass is 586 g/mol. The van der Waals surface area contributed by atoms with Crippen LogP contribution in [0.15, 0.2) is 48.5 Å². The van der Waals surface area contributed by atoms with Crippen molar-refractivity contribution in [2.24, 2.45) is 5.92 Å². The Hall–Kier alpha value is -2.86. The van der Waals surface area contributed by atoms with Crippen molar-refractivity contribution in [2.75, 3.05) is 24.5 Å². The first kappa shape index (κ1) is 34.6. The normalized spacial score (nSPS) is 18.9. The van der Waals surface area contributed by atoms with Crippen LogP contribution in [0.2, 0.25) is 0 Å². The molecule has 1 saturated heterocycles. The Morgan fingerprint density at radius 2 is 1.65 bits per heavy atom. The predicted molar refractivity (Wildman–Crippen MR) is 176 cm³/mol. The summed E-state index contributed by atoms with van der Waals surface area (Å²) >= 11 is 0. The molecule has 2 aromatic rings. The number of ether oxygens (including phenoxy) is 1. The minimum atomic E-state index is -0.00448. The van der Waals surface area contributed by atoms with Crippen LogP contribution in [0.25, 0.3) is 0 Å². The van der Waals surface area contributed by atoms with E-state index < -0.39 is 0 Å². The number of hydrogen-bond acceptors (Lipinski definition) is 4. The highest BCUT2D eigenvalue weighted by Gasteiger charge is 2.33. The molecular formula is C37H52N3O3. The summed E-state index contributed by atoms with van der Waals surface area (Å²) in [7, 11) is 0. The third kappa shape index (κ3) is 9.31. The molecular weight excluding hydrogens is 534 g/mol. The van der Waals surface area contributed by atoms with Gasteiger partial charge in [0, 0.05) is 43.3 Å². The number of carbonyl (C=O) groups excluding carboxylic acids is 2. The maximum absolute atomic E-state index is 13.3. The number of likely N-dealkylation sites (tertiary alicyclic amines) is 1. The molecule has 0 bridgehead atoms. The number of para-hydroxylation sites is 1. The van der Waals surface area contributed by atoms with Crippen LogP contribution in [0, 0.1) is 27.2 Å². The molecule has 1 aliphatic carbocycles. The number of benzene rings is 2. The summed E-state index contributed by atoms with van der Waals surface area (Å²) in [5, 5.41) is 3.71. The number of aryl methyl sites for hydroxylation is 1. The zero-order valence-electron chi connectivity index (χ0n) is 26.3. The quantitative estimate of drug-likeness (QED) is 0.292. The summed E-state index contributed by atoms with van der Waals surface area (Å²) < 4.78 is 6.38. The summed E-state index contributed by atoms with van der Waals surface area (Å²) in [5.74, 6) is 1.80. The Kier molecular flexibility index (Phi) is 14.0. The molecule has 2 heterocycles. The van der Waals surface area contributed by atoms with E-state index in [1.807, 2.05) is 46.2 Å². The van der Waals surface area contributed by atoms with Crippen molar-refractivity contribution in [2.45, 2.75) is 103 Å². The van der Waals surface area contributed by atoms with E-state index in [1.54, 1.807) is 0 Å². The summed E-state index contributed by atoms with van der Waals surface area (Å²) in [4.78, 5) is 30.1. The minimum Gasteiger partial charge on any atom is -0.475 e. The van der Waals surface area contributed by atoms with E-state index in [4.69, 9.17) is 4.74 Å². The fraction of sp³-hybridized carbons (Fsp3) is 0.541. The molecule has 2 aliphatic heterocycles. The van der Waals surface area contributed by atoms with Crippen molar-refractivity contribution in [3.05, 3.63) is 80.9 Å². The third-order valence-corrected chi connectivity index (χ3v) is 9.12. The highest BCUT2D eigenvalue weighted by Crippen LogP contribution is 2.32. The molecule has 1 atom stereocenters. The lowest BCUT2D eigenvalue weighted by Crippen LogP contribution is -2.50. The lowest BCUT2D eigenvalue weighted by atomic mass is 9.91. The van der Waals surface area contributed by atoms with Crippen LogP contribution in [0.1, 0.15) is 99.9 Å². The van der Waals surface area contributed by atoms with Gasteiger partial charge in [-0.3, -0.25) is 14.9 Å². The molecule has 1 unspecified atom stereocenters. The molecule has 2 aromatic carbocycles. The fourth-order valence-electron chi connectivity index (χ4n) is 6.69. The first-order chi connectivity index (χ1) is 20.1. The predicted octanol–water partition coefficient (Wildman–Crippen LogP) is 7.58. The number of rotatable bonds is 10. The van der Waals surface area contributed by atoms with Crippen LogP contribution >= 0.6 is 0 Å². The van der Waals surface area contributed by atoms with Gasteiger partial charge in [0.15, 0.2) is 0 Å². The van der Waals surface area contributed by atoms with Crippen LogP contribution in [0.3, 0.4) is 0 Å². The van der Waals surface area contributed by atoms with Crippen LogP contribution in [0.4, 0.5) is 5.69 Å². The Morgan fingerprint density at radius 1 is 0.953 bits per heavy atom. The van der Waals surface area contributed by atoms with Gasteiger partial charge in [0.05, 0.1) is 0 Å². The molecule has 0 aromatic heterocycles. The van der Waals surface area contributed by atoms with Gasteiger partial charge in [-0.1, -0.05) is 72.1 Å². The summed E-state index contributed by atoms with van der Waals surface area (Å²) in [6, 6.07) is 16.1. The van der Waals surface area contributed by atoms with Crippen molar-refractivity contribution >= 4 is 17.5 Å². The van der Waals surface area contributed by atoms with Gasteiger partial charge in [0.1, 0.15) is 12.0 Å². The number of piperidine rings is 1. The first-order valence-corrected chi connectivity index (χ1v) is 16.1. The maximum Gasteiger partial charge on any atom is 0.253 e. The van der Waals surface area contributed by atoms with E-state index in [9.17, 15) is 9.59 Å². The number of nitrogens with zero attached hydrogens (tertiary/aromatic N) is 2. The number of unbranched alkanes of at least 4 members (excludes halogenated alkanes) is 1. The van der Waals surface area contributed by atoms with E-state index in [-0.39, 0.29) is 38.9 Å². The van der Waals surface area contributed by atoms with Gasteiger partial charge in [0.2, 0.25) is 5.91 Å². The first-order valence-electron chi connectivity index (χ1n) is 16.1. The number of hydrogen-bond donors (Lipinski definition) is 1. The smallest absolute Gasteiger partial charge is 0.253 e. The lowest BCUT2D eigenvalue weighted by Gasteiger charge is -2.41. The molecule has 1 N–H and O–H groups in total. The molecule has 233 valence electrons. The fourth-order valence-corrected chi connectivity index (χ4v) is 6.69. The zero-order chi connectivity index (χ0) is 28.4. The van der Waals surface area contributed by atoms with E-state index in [0.717, 1.165) is 62.4 Å². The van der Waals surface area contributed by atoms with Gasteiger partial charge in [0.25, 0.3) is 5.91 Å². The molecule has 6 nitrogen and oxygen atoms in total. The number of nitrogens with one attached hydrogen (secondary N) is 1. The van der Waals surface area contributed by atoms with Gasteiger partial charge in [-0.25, -0.2) is 0 Å². The maximum atomic E-state index is 13.3. The second kappa shape index (κ2) is 17.4. The third-order valence-electron chi connectivity index (χ3n) is 9.12. The highest BCUT2D eigenvalue weighted by atomic mass is 16.5. The molecule has 5 radical (unpaired) electrons. The molecule has 6 heteroatoms. The van der Waals surface area contributed by atoms with E-state index in [1.165, 1.54) is 44.1 Å².